The van der Waals surface area contributed by atoms with Gasteiger partial charge in [-0.15, -0.1) is 16.9 Å². The number of thioether (sulfide) groups is 1. The molecule has 0 atom stereocenters. The van der Waals surface area contributed by atoms with Gasteiger partial charge >= 0.3 is 0 Å². The van der Waals surface area contributed by atoms with Crippen LogP contribution in [-0.4, -0.2) is 39.5 Å². The average molecular weight is 290 g/mol. The first-order chi connectivity index (χ1) is 9.78. The molecule has 0 bridgehead atoms. The molecule has 0 aliphatic heterocycles. The minimum absolute atomic E-state index is 0.0663. The number of rotatable bonds is 7. The number of hydrogen-bond donors (Lipinski definition) is 1. The molecule has 7 heteroatoms. The maximum Gasteiger partial charge on any atom is 0.241 e. The van der Waals surface area contributed by atoms with Crippen LogP contribution in [0.4, 0.5) is 0 Å². The average Bonchev–Trinajstić information content (AvgIpc) is 2.92. The molecule has 1 heterocycles. The predicted octanol–water partition coefficient (Wildman–Crippen LogP) is 0.999. The summed E-state index contributed by atoms with van der Waals surface area (Å²) >= 11 is 1.68. The molecule has 6 nitrogen and oxygen atoms in total. The van der Waals surface area contributed by atoms with Gasteiger partial charge in [0.1, 0.15) is 12.2 Å². The molecule has 0 unspecified atom stereocenters. The van der Waals surface area contributed by atoms with Crippen LogP contribution in [0.1, 0.15) is 10.5 Å². The number of carbonyl (C=O) groups is 2. The van der Waals surface area contributed by atoms with Gasteiger partial charge in [-0.25, -0.2) is 4.68 Å². The van der Waals surface area contributed by atoms with Crippen molar-refractivity contribution in [3.05, 3.63) is 42.2 Å². The lowest BCUT2D eigenvalue weighted by molar-refractivity contribution is -0.121. The molecule has 0 spiro atoms. The Kier molecular flexibility index (Phi) is 5.31. The molecule has 0 radical (unpaired) electrons. The number of nitrogens with one attached hydrogen (secondary N) is 1. The topological polar surface area (TPSA) is 76.9 Å². The third-order valence-electron chi connectivity index (χ3n) is 2.42. The summed E-state index contributed by atoms with van der Waals surface area (Å²) in [6.07, 6.45) is 2.03. The van der Waals surface area contributed by atoms with Crippen LogP contribution < -0.4 is 5.32 Å². The van der Waals surface area contributed by atoms with Gasteiger partial charge in [-0.1, -0.05) is 23.4 Å². The largest absolute Gasteiger partial charge is 0.354 e. The van der Waals surface area contributed by atoms with Crippen molar-refractivity contribution in [1.29, 1.82) is 0 Å². The van der Waals surface area contributed by atoms with E-state index in [4.69, 9.17) is 0 Å². The van der Waals surface area contributed by atoms with E-state index in [-0.39, 0.29) is 18.1 Å². The summed E-state index contributed by atoms with van der Waals surface area (Å²) < 4.78 is 1.34. The van der Waals surface area contributed by atoms with Crippen LogP contribution in [0.3, 0.4) is 0 Å². The number of hydrogen-bond acceptors (Lipinski definition) is 5. The molecule has 0 aliphatic carbocycles. The Labute approximate surface area is 120 Å². The number of aldehydes is 1. The Balaban J connectivity index is 1.66. The number of aromatic nitrogens is 3. The number of carbonyl (C=O) groups excluding carboxylic acids is 2. The molecule has 1 aromatic heterocycles. The molecular formula is C13H14N4O2S. The highest BCUT2D eigenvalue weighted by atomic mass is 32.2. The standard InChI is InChI=1S/C13H14N4O2S/c18-10-11-8-17(16-15-11)9-13(19)14-6-7-20-12-4-2-1-3-5-12/h1-5,8,10H,6-7,9H2,(H,14,19). The molecule has 0 saturated heterocycles. The summed E-state index contributed by atoms with van der Waals surface area (Å²) in [6.45, 7) is 0.643. The summed E-state index contributed by atoms with van der Waals surface area (Å²) in [4.78, 5) is 23.2. The smallest absolute Gasteiger partial charge is 0.241 e. The summed E-state index contributed by atoms with van der Waals surface area (Å²) in [5.41, 5.74) is 0.220. The van der Waals surface area contributed by atoms with Gasteiger partial charge in [-0.3, -0.25) is 9.59 Å². The van der Waals surface area contributed by atoms with Gasteiger partial charge in [0, 0.05) is 17.2 Å². The number of amides is 1. The molecular weight excluding hydrogens is 276 g/mol. The second kappa shape index (κ2) is 7.44. The van der Waals surface area contributed by atoms with Gasteiger partial charge in [0.15, 0.2) is 6.29 Å². The number of nitrogens with zero attached hydrogens (tertiary/aromatic N) is 3. The van der Waals surface area contributed by atoms with Gasteiger partial charge in [0.2, 0.25) is 5.91 Å². The maximum atomic E-state index is 11.6. The number of benzene rings is 1. The minimum atomic E-state index is -0.152. The zero-order valence-electron chi connectivity index (χ0n) is 10.7. The van der Waals surface area contributed by atoms with Crippen LogP contribution in [0.2, 0.25) is 0 Å². The highest BCUT2D eigenvalue weighted by Gasteiger charge is 2.05. The summed E-state index contributed by atoms with van der Waals surface area (Å²) in [7, 11) is 0. The van der Waals surface area contributed by atoms with Crippen LogP contribution in [0.25, 0.3) is 0 Å². The van der Waals surface area contributed by atoms with Crippen LogP contribution in [-0.2, 0) is 11.3 Å². The van der Waals surface area contributed by atoms with E-state index < -0.39 is 0 Å². The third-order valence-corrected chi connectivity index (χ3v) is 3.43. The van der Waals surface area contributed by atoms with Crippen molar-refractivity contribution in [2.75, 3.05) is 12.3 Å². The second-order valence-electron chi connectivity index (χ2n) is 3.97. The van der Waals surface area contributed by atoms with E-state index in [1.807, 2.05) is 30.3 Å². The van der Waals surface area contributed by atoms with Crippen molar-refractivity contribution in [2.45, 2.75) is 11.4 Å². The van der Waals surface area contributed by atoms with Gasteiger partial charge in [0.05, 0.1) is 6.20 Å². The van der Waals surface area contributed by atoms with Crippen LogP contribution in [0, 0.1) is 0 Å². The van der Waals surface area contributed by atoms with Crippen molar-refractivity contribution in [1.82, 2.24) is 20.3 Å². The van der Waals surface area contributed by atoms with E-state index in [2.05, 4.69) is 15.6 Å². The quantitative estimate of drug-likeness (QED) is 0.467. The lowest BCUT2D eigenvalue weighted by Crippen LogP contribution is -2.29. The van der Waals surface area contributed by atoms with E-state index in [1.54, 1.807) is 11.8 Å². The maximum absolute atomic E-state index is 11.6. The van der Waals surface area contributed by atoms with E-state index in [1.165, 1.54) is 15.8 Å². The SMILES string of the molecule is O=Cc1cn(CC(=O)NCCSc2ccccc2)nn1. The highest BCUT2D eigenvalue weighted by molar-refractivity contribution is 7.99. The molecule has 1 amide bonds. The monoisotopic (exact) mass is 290 g/mol. The Morgan fingerprint density at radius 2 is 2.15 bits per heavy atom. The third kappa shape index (κ3) is 4.51. The fourth-order valence-electron chi connectivity index (χ4n) is 1.52. The minimum Gasteiger partial charge on any atom is -0.354 e. The van der Waals surface area contributed by atoms with Crippen LogP contribution >= 0.6 is 11.8 Å². The van der Waals surface area contributed by atoms with E-state index in [0.29, 0.717) is 12.8 Å². The summed E-state index contributed by atoms with van der Waals surface area (Å²) in [6, 6.07) is 10.00. The molecule has 0 fully saturated rings. The molecule has 1 N–H and O–H groups in total. The van der Waals surface area contributed by atoms with Gasteiger partial charge in [-0.05, 0) is 12.1 Å². The lowest BCUT2D eigenvalue weighted by Gasteiger charge is -2.04. The Bertz CT molecular complexity index is 571. The molecule has 1 aromatic carbocycles. The van der Waals surface area contributed by atoms with Crippen molar-refractivity contribution in [3.63, 3.8) is 0 Å². The predicted molar refractivity (Wildman–Crippen MR) is 75.6 cm³/mol. The Morgan fingerprint density at radius 3 is 2.85 bits per heavy atom. The zero-order chi connectivity index (χ0) is 14.2. The normalized spacial score (nSPS) is 10.2. The molecule has 2 aromatic rings. The molecule has 0 aliphatic rings. The zero-order valence-corrected chi connectivity index (χ0v) is 11.5. The lowest BCUT2D eigenvalue weighted by atomic mass is 10.4. The fraction of sp³-hybridized carbons (Fsp3) is 0.231. The van der Waals surface area contributed by atoms with Crippen LogP contribution in [0.5, 0.6) is 0 Å². The molecule has 2 rings (SSSR count). The van der Waals surface area contributed by atoms with Gasteiger partial charge in [0.25, 0.3) is 0 Å². The van der Waals surface area contributed by atoms with E-state index >= 15 is 0 Å². The first-order valence-electron chi connectivity index (χ1n) is 6.08. The molecule has 20 heavy (non-hydrogen) atoms. The Morgan fingerprint density at radius 1 is 1.35 bits per heavy atom. The van der Waals surface area contributed by atoms with Gasteiger partial charge in [-0.2, -0.15) is 0 Å². The van der Waals surface area contributed by atoms with Crippen molar-refractivity contribution >= 4 is 24.0 Å². The van der Waals surface area contributed by atoms with E-state index in [0.717, 1.165) is 5.75 Å². The fourth-order valence-corrected chi connectivity index (χ4v) is 2.31. The first kappa shape index (κ1) is 14.3. The van der Waals surface area contributed by atoms with Crippen molar-refractivity contribution < 1.29 is 9.59 Å². The van der Waals surface area contributed by atoms with Crippen molar-refractivity contribution in [3.8, 4) is 0 Å². The van der Waals surface area contributed by atoms with E-state index in [9.17, 15) is 9.59 Å². The van der Waals surface area contributed by atoms with Crippen molar-refractivity contribution in [2.24, 2.45) is 0 Å². The second-order valence-corrected chi connectivity index (χ2v) is 5.14. The summed E-state index contributed by atoms with van der Waals surface area (Å²) in [5, 5.41) is 10.0. The highest BCUT2D eigenvalue weighted by Crippen LogP contribution is 2.15. The molecule has 0 saturated carbocycles. The summed E-state index contributed by atoms with van der Waals surface area (Å²) in [5.74, 6) is 0.646. The first-order valence-corrected chi connectivity index (χ1v) is 7.06. The Hall–Kier alpha value is -2.15. The van der Waals surface area contributed by atoms with Crippen LogP contribution in [0.15, 0.2) is 41.4 Å². The molecule has 104 valence electrons. The van der Waals surface area contributed by atoms with Gasteiger partial charge < -0.3 is 5.32 Å².